The van der Waals surface area contributed by atoms with Gasteiger partial charge in [0, 0.05) is 29.1 Å². The Morgan fingerprint density at radius 2 is 2.04 bits per heavy atom. The van der Waals surface area contributed by atoms with Crippen LogP contribution >= 0.6 is 0 Å². The van der Waals surface area contributed by atoms with E-state index in [-0.39, 0.29) is 29.5 Å². The molecule has 1 aromatic carbocycles. The first kappa shape index (κ1) is 18.2. The number of amides is 1. The standard InChI is InChI=1S/C20H23FN2O3/c1-12(2)26-14-8-7-13(17(21)9-14)10-23-11-16(20(22)25)19(24)15-5-3-4-6-18(15)23/h7-9,11-12H,3-6,10H2,1-2H3,(H2,22,25). The first-order valence-corrected chi connectivity index (χ1v) is 8.87. The molecule has 0 bridgehead atoms. The van der Waals surface area contributed by atoms with Gasteiger partial charge in [0.2, 0.25) is 0 Å². The van der Waals surface area contributed by atoms with Crippen LogP contribution in [0.4, 0.5) is 4.39 Å². The molecule has 26 heavy (non-hydrogen) atoms. The highest BCUT2D eigenvalue weighted by Gasteiger charge is 2.21. The van der Waals surface area contributed by atoms with Crippen LogP contribution in [0.2, 0.25) is 0 Å². The quantitative estimate of drug-likeness (QED) is 0.893. The smallest absolute Gasteiger partial charge is 0.254 e. The number of benzene rings is 1. The molecule has 0 saturated carbocycles. The van der Waals surface area contributed by atoms with Crippen molar-refractivity contribution >= 4 is 5.91 Å². The Morgan fingerprint density at radius 1 is 1.31 bits per heavy atom. The average Bonchev–Trinajstić information content (AvgIpc) is 2.58. The van der Waals surface area contributed by atoms with E-state index in [1.54, 1.807) is 16.7 Å². The number of rotatable bonds is 5. The number of nitrogens with two attached hydrogens (primary N) is 1. The monoisotopic (exact) mass is 358 g/mol. The highest BCUT2D eigenvalue weighted by Crippen LogP contribution is 2.23. The Kier molecular flexibility index (Phi) is 5.11. The number of pyridine rings is 1. The molecule has 1 heterocycles. The lowest BCUT2D eigenvalue weighted by molar-refractivity contribution is 0.0998. The van der Waals surface area contributed by atoms with Crippen molar-refractivity contribution in [3.05, 3.63) is 62.8 Å². The lowest BCUT2D eigenvalue weighted by Gasteiger charge is -2.22. The normalized spacial score (nSPS) is 13.5. The van der Waals surface area contributed by atoms with Gasteiger partial charge in [-0.05, 0) is 45.6 Å². The molecular weight excluding hydrogens is 335 g/mol. The number of halogens is 1. The number of hydrogen-bond donors (Lipinski definition) is 1. The summed E-state index contributed by atoms with van der Waals surface area (Å²) in [5.41, 5.74) is 7.01. The van der Waals surface area contributed by atoms with E-state index in [2.05, 4.69) is 0 Å². The van der Waals surface area contributed by atoms with E-state index in [0.717, 1.165) is 25.0 Å². The summed E-state index contributed by atoms with van der Waals surface area (Å²) in [4.78, 5) is 24.1. The van der Waals surface area contributed by atoms with Crippen molar-refractivity contribution in [2.24, 2.45) is 5.73 Å². The number of fused-ring (bicyclic) bond motifs is 1. The molecule has 2 aromatic rings. The molecule has 0 aliphatic heterocycles. The molecule has 0 saturated heterocycles. The van der Waals surface area contributed by atoms with Crippen LogP contribution in [-0.2, 0) is 19.4 Å². The molecule has 0 fully saturated rings. The van der Waals surface area contributed by atoms with Crippen molar-refractivity contribution in [3.8, 4) is 5.75 Å². The zero-order valence-corrected chi connectivity index (χ0v) is 15.0. The molecular formula is C20H23FN2O3. The third kappa shape index (κ3) is 3.64. The highest BCUT2D eigenvalue weighted by atomic mass is 19.1. The van der Waals surface area contributed by atoms with Gasteiger partial charge < -0.3 is 15.0 Å². The molecule has 6 heteroatoms. The Hall–Kier alpha value is -2.63. The van der Waals surface area contributed by atoms with E-state index < -0.39 is 5.91 Å². The topological polar surface area (TPSA) is 74.3 Å². The van der Waals surface area contributed by atoms with E-state index >= 15 is 0 Å². The van der Waals surface area contributed by atoms with Crippen LogP contribution in [0.5, 0.6) is 5.75 Å². The van der Waals surface area contributed by atoms with E-state index in [9.17, 15) is 14.0 Å². The van der Waals surface area contributed by atoms with Gasteiger partial charge >= 0.3 is 0 Å². The van der Waals surface area contributed by atoms with Crippen LogP contribution in [0.3, 0.4) is 0 Å². The largest absolute Gasteiger partial charge is 0.491 e. The molecule has 1 aliphatic rings. The maximum Gasteiger partial charge on any atom is 0.254 e. The molecule has 0 unspecified atom stereocenters. The summed E-state index contributed by atoms with van der Waals surface area (Å²) in [5.74, 6) is -0.661. The Labute approximate surface area is 151 Å². The van der Waals surface area contributed by atoms with Gasteiger partial charge in [-0.3, -0.25) is 9.59 Å². The third-order valence-corrected chi connectivity index (χ3v) is 4.59. The van der Waals surface area contributed by atoms with E-state index in [4.69, 9.17) is 10.5 Å². The second-order valence-electron chi connectivity index (χ2n) is 6.92. The number of carbonyl (C=O) groups is 1. The van der Waals surface area contributed by atoms with Crippen molar-refractivity contribution in [2.75, 3.05) is 0 Å². The summed E-state index contributed by atoms with van der Waals surface area (Å²) < 4.78 is 21.8. The zero-order chi connectivity index (χ0) is 18.8. The molecule has 0 spiro atoms. The number of aromatic nitrogens is 1. The van der Waals surface area contributed by atoms with Crippen molar-refractivity contribution in [1.29, 1.82) is 0 Å². The summed E-state index contributed by atoms with van der Waals surface area (Å²) in [6, 6.07) is 4.76. The van der Waals surface area contributed by atoms with Crippen molar-refractivity contribution in [2.45, 2.75) is 52.2 Å². The predicted molar refractivity (Wildman–Crippen MR) is 97.1 cm³/mol. The van der Waals surface area contributed by atoms with Crippen LogP contribution in [-0.4, -0.2) is 16.6 Å². The summed E-state index contributed by atoms with van der Waals surface area (Å²) in [6.45, 7) is 3.99. The molecule has 5 nitrogen and oxygen atoms in total. The van der Waals surface area contributed by atoms with Gasteiger partial charge in [0.1, 0.15) is 17.1 Å². The lowest BCUT2D eigenvalue weighted by atomic mass is 9.93. The summed E-state index contributed by atoms with van der Waals surface area (Å²) in [5, 5.41) is 0. The van der Waals surface area contributed by atoms with Crippen molar-refractivity contribution < 1.29 is 13.9 Å². The summed E-state index contributed by atoms with van der Waals surface area (Å²) >= 11 is 0. The highest BCUT2D eigenvalue weighted by molar-refractivity contribution is 5.92. The summed E-state index contributed by atoms with van der Waals surface area (Å²) in [6.07, 6.45) is 4.65. The fourth-order valence-electron chi connectivity index (χ4n) is 3.41. The predicted octanol–water partition coefficient (Wildman–Crippen LogP) is 2.80. The number of ether oxygens (including phenoxy) is 1. The van der Waals surface area contributed by atoms with E-state index in [1.807, 2.05) is 13.8 Å². The van der Waals surface area contributed by atoms with Crippen molar-refractivity contribution in [3.63, 3.8) is 0 Å². The minimum atomic E-state index is -0.752. The Balaban J connectivity index is 2.01. The summed E-state index contributed by atoms with van der Waals surface area (Å²) in [7, 11) is 0. The lowest BCUT2D eigenvalue weighted by Crippen LogP contribution is -2.30. The van der Waals surface area contributed by atoms with Gasteiger partial charge in [-0.15, -0.1) is 0 Å². The molecule has 0 radical (unpaired) electrons. The molecule has 138 valence electrons. The van der Waals surface area contributed by atoms with Crippen LogP contribution in [0, 0.1) is 5.82 Å². The minimum Gasteiger partial charge on any atom is -0.491 e. The van der Waals surface area contributed by atoms with E-state index in [0.29, 0.717) is 23.3 Å². The van der Waals surface area contributed by atoms with Crippen LogP contribution < -0.4 is 15.9 Å². The molecule has 1 aliphatic carbocycles. The van der Waals surface area contributed by atoms with Gasteiger partial charge in [-0.2, -0.15) is 0 Å². The molecule has 2 N–H and O–H groups in total. The maximum absolute atomic E-state index is 14.5. The van der Waals surface area contributed by atoms with Crippen molar-refractivity contribution in [1.82, 2.24) is 4.57 Å². The second-order valence-corrected chi connectivity index (χ2v) is 6.92. The van der Waals surface area contributed by atoms with E-state index in [1.165, 1.54) is 12.3 Å². The Morgan fingerprint density at radius 3 is 2.69 bits per heavy atom. The number of primary amides is 1. The van der Waals surface area contributed by atoms with Gasteiger partial charge in [-0.1, -0.05) is 6.07 Å². The van der Waals surface area contributed by atoms with Gasteiger partial charge in [0.05, 0.1) is 12.6 Å². The zero-order valence-electron chi connectivity index (χ0n) is 15.0. The second kappa shape index (κ2) is 7.32. The molecule has 0 atom stereocenters. The van der Waals surface area contributed by atoms with Gasteiger partial charge in [-0.25, -0.2) is 4.39 Å². The Bertz CT molecular complexity index is 903. The van der Waals surface area contributed by atoms with Crippen LogP contribution in [0.15, 0.2) is 29.2 Å². The number of carbonyl (C=O) groups excluding carboxylic acids is 1. The average molecular weight is 358 g/mol. The number of hydrogen-bond acceptors (Lipinski definition) is 3. The number of nitrogens with zero attached hydrogens (tertiary/aromatic N) is 1. The SMILES string of the molecule is CC(C)Oc1ccc(Cn2cc(C(N)=O)c(=O)c3c2CCCC3)c(F)c1. The van der Waals surface area contributed by atoms with Gasteiger partial charge in [0.15, 0.2) is 5.43 Å². The minimum absolute atomic E-state index is 0.0363. The maximum atomic E-state index is 14.5. The van der Waals surface area contributed by atoms with Gasteiger partial charge in [0.25, 0.3) is 5.91 Å². The first-order valence-electron chi connectivity index (χ1n) is 8.87. The first-order chi connectivity index (χ1) is 12.4. The van der Waals surface area contributed by atoms with Crippen LogP contribution in [0.1, 0.15) is 53.9 Å². The molecule has 1 aromatic heterocycles. The molecule has 3 rings (SSSR count). The fraction of sp³-hybridized carbons (Fsp3) is 0.400. The third-order valence-electron chi connectivity index (χ3n) is 4.59. The van der Waals surface area contributed by atoms with Crippen LogP contribution in [0.25, 0.3) is 0 Å². The molecule has 1 amide bonds. The fourth-order valence-corrected chi connectivity index (χ4v) is 3.41.